The van der Waals surface area contributed by atoms with Crippen LogP contribution in [0, 0.1) is 0 Å². The third-order valence-electron chi connectivity index (χ3n) is 3.92. The Morgan fingerprint density at radius 2 is 1.88 bits per heavy atom. The fourth-order valence-electron chi connectivity index (χ4n) is 2.66. The number of nitrogens with zero attached hydrogens (tertiary/aromatic N) is 3. The van der Waals surface area contributed by atoms with E-state index in [4.69, 9.17) is 9.15 Å². The van der Waals surface area contributed by atoms with E-state index >= 15 is 0 Å². The van der Waals surface area contributed by atoms with Crippen molar-refractivity contribution in [1.82, 2.24) is 14.5 Å². The third-order valence-corrected chi connectivity index (χ3v) is 3.92. The molecule has 124 valence electrons. The lowest BCUT2D eigenvalue weighted by Crippen LogP contribution is -1.96. The first kappa shape index (κ1) is 15.2. The summed E-state index contributed by atoms with van der Waals surface area (Å²) in [6.07, 6.45) is 5.49. The lowest BCUT2D eigenvalue weighted by molar-refractivity contribution is 0.414. The maximum absolute atomic E-state index is 5.61. The molecule has 4 rings (SSSR count). The van der Waals surface area contributed by atoms with Gasteiger partial charge in [0.25, 0.3) is 0 Å². The highest BCUT2D eigenvalue weighted by Gasteiger charge is 2.09. The number of hydrogen-bond donors (Lipinski definition) is 0. The molecule has 0 aliphatic carbocycles. The standard InChI is InChI=1S/C20H17N3O2/c1-24-18-9-5-8-16(10-18)20-22-17(13-25-20)11-23-12-19(21-14-23)15-6-3-2-4-7-15/h2-10,12-14H,11H2,1H3. The van der Waals surface area contributed by atoms with E-state index in [9.17, 15) is 0 Å². The van der Waals surface area contributed by atoms with Gasteiger partial charge in [0.05, 0.1) is 31.4 Å². The Kier molecular flexibility index (Phi) is 4.04. The van der Waals surface area contributed by atoms with E-state index in [0.717, 1.165) is 28.3 Å². The van der Waals surface area contributed by atoms with Gasteiger partial charge in [-0.25, -0.2) is 9.97 Å². The van der Waals surface area contributed by atoms with Gasteiger partial charge in [-0.05, 0) is 18.2 Å². The Labute approximate surface area is 145 Å². The summed E-state index contributed by atoms with van der Waals surface area (Å²) >= 11 is 0. The van der Waals surface area contributed by atoms with Crippen molar-refractivity contribution in [3.05, 3.63) is 79.1 Å². The van der Waals surface area contributed by atoms with Crippen molar-refractivity contribution in [3.8, 4) is 28.5 Å². The Hall–Kier alpha value is -3.34. The Bertz CT molecular complexity index is 973. The highest BCUT2D eigenvalue weighted by atomic mass is 16.5. The molecule has 0 radical (unpaired) electrons. The number of rotatable bonds is 5. The molecule has 0 atom stereocenters. The molecule has 5 nitrogen and oxygen atoms in total. The molecule has 0 amide bonds. The van der Waals surface area contributed by atoms with Crippen LogP contribution in [0.4, 0.5) is 0 Å². The Balaban J connectivity index is 1.53. The first-order chi connectivity index (χ1) is 12.3. The van der Waals surface area contributed by atoms with E-state index in [1.807, 2.05) is 71.7 Å². The molecule has 0 saturated carbocycles. The number of benzene rings is 2. The van der Waals surface area contributed by atoms with E-state index in [1.165, 1.54) is 0 Å². The van der Waals surface area contributed by atoms with E-state index < -0.39 is 0 Å². The van der Waals surface area contributed by atoms with Gasteiger partial charge in [0.2, 0.25) is 5.89 Å². The molecule has 25 heavy (non-hydrogen) atoms. The summed E-state index contributed by atoms with van der Waals surface area (Å²) in [4.78, 5) is 9.02. The van der Waals surface area contributed by atoms with Gasteiger partial charge >= 0.3 is 0 Å². The van der Waals surface area contributed by atoms with Gasteiger partial charge in [-0.15, -0.1) is 0 Å². The summed E-state index contributed by atoms with van der Waals surface area (Å²) in [5, 5.41) is 0. The number of ether oxygens (including phenoxy) is 1. The van der Waals surface area contributed by atoms with Crippen molar-refractivity contribution in [3.63, 3.8) is 0 Å². The molecular weight excluding hydrogens is 314 g/mol. The second-order valence-electron chi connectivity index (χ2n) is 5.67. The average Bonchev–Trinajstić information content (AvgIpc) is 3.33. The predicted molar refractivity (Wildman–Crippen MR) is 95.3 cm³/mol. The smallest absolute Gasteiger partial charge is 0.226 e. The molecule has 4 aromatic rings. The summed E-state index contributed by atoms with van der Waals surface area (Å²) in [5.41, 5.74) is 3.77. The van der Waals surface area contributed by atoms with Crippen LogP contribution in [-0.4, -0.2) is 21.6 Å². The second kappa shape index (κ2) is 6.65. The summed E-state index contributed by atoms with van der Waals surface area (Å²) in [6.45, 7) is 0.604. The molecule has 0 N–H and O–H groups in total. The topological polar surface area (TPSA) is 53.1 Å². The molecule has 2 aromatic heterocycles. The maximum atomic E-state index is 5.61. The fraction of sp³-hybridized carbons (Fsp3) is 0.100. The lowest BCUT2D eigenvalue weighted by atomic mass is 10.2. The fourth-order valence-corrected chi connectivity index (χ4v) is 2.66. The number of oxazole rings is 1. The monoisotopic (exact) mass is 331 g/mol. The van der Waals surface area contributed by atoms with Gasteiger partial charge in [-0.1, -0.05) is 36.4 Å². The summed E-state index contributed by atoms with van der Waals surface area (Å²) in [6, 6.07) is 17.8. The molecule has 0 aliphatic rings. The van der Waals surface area contributed by atoms with Crippen LogP contribution in [0.15, 0.2) is 77.8 Å². The zero-order chi connectivity index (χ0) is 17.1. The highest BCUT2D eigenvalue weighted by Crippen LogP contribution is 2.23. The van der Waals surface area contributed by atoms with Gasteiger partial charge in [-0.2, -0.15) is 0 Å². The Morgan fingerprint density at radius 3 is 2.72 bits per heavy atom. The molecular formula is C20H17N3O2. The van der Waals surface area contributed by atoms with Gasteiger partial charge in [0.15, 0.2) is 0 Å². The lowest BCUT2D eigenvalue weighted by Gasteiger charge is -2.00. The average molecular weight is 331 g/mol. The van der Waals surface area contributed by atoms with Crippen LogP contribution in [0.3, 0.4) is 0 Å². The molecule has 0 bridgehead atoms. The first-order valence-corrected chi connectivity index (χ1v) is 7.98. The molecule has 2 aromatic carbocycles. The summed E-state index contributed by atoms with van der Waals surface area (Å²) in [5.74, 6) is 1.36. The zero-order valence-electron chi connectivity index (χ0n) is 13.8. The van der Waals surface area contributed by atoms with E-state index in [2.05, 4.69) is 9.97 Å². The van der Waals surface area contributed by atoms with Crippen molar-refractivity contribution in [2.45, 2.75) is 6.54 Å². The van der Waals surface area contributed by atoms with Crippen molar-refractivity contribution in [1.29, 1.82) is 0 Å². The summed E-state index contributed by atoms with van der Waals surface area (Å²) in [7, 11) is 1.64. The van der Waals surface area contributed by atoms with Gasteiger partial charge in [0, 0.05) is 17.3 Å². The minimum atomic E-state index is 0.581. The van der Waals surface area contributed by atoms with Gasteiger partial charge < -0.3 is 13.7 Å². The third kappa shape index (κ3) is 3.30. The maximum Gasteiger partial charge on any atom is 0.226 e. The minimum Gasteiger partial charge on any atom is -0.497 e. The van der Waals surface area contributed by atoms with Crippen molar-refractivity contribution in [2.75, 3.05) is 7.11 Å². The first-order valence-electron chi connectivity index (χ1n) is 7.98. The van der Waals surface area contributed by atoms with Crippen LogP contribution < -0.4 is 4.74 Å². The number of imidazole rings is 1. The summed E-state index contributed by atoms with van der Waals surface area (Å²) < 4.78 is 12.9. The normalized spacial score (nSPS) is 10.8. The molecule has 0 saturated heterocycles. The van der Waals surface area contributed by atoms with Crippen LogP contribution >= 0.6 is 0 Å². The molecule has 0 aliphatic heterocycles. The molecule has 0 spiro atoms. The van der Waals surface area contributed by atoms with E-state index in [-0.39, 0.29) is 0 Å². The van der Waals surface area contributed by atoms with Crippen LogP contribution in [0.1, 0.15) is 5.69 Å². The van der Waals surface area contributed by atoms with Crippen molar-refractivity contribution < 1.29 is 9.15 Å². The van der Waals surface area contributed by atoms with E-state index in [1.54, 1.807) is 13.4 Å². The molecule has 2 heterocycles. The quantitative estimate of drug-likeness (QED) is 0.548. The van der Waals surface area contributed by atoms with Gasteiger partial charge in [0.1, 0.15) is 12.0 Å². The minimum absolute atomic E-state index is 0.581. The SMILES string of the molecule is COc1cccc(-c2nc(Cn3cnc(-c4ccccc4)c3)co2)c1. The van der Waals surface area contributed by atoms with Crippen LogP contribution in [0.5, 0.6) is 5.75 Å². The number of methoxy groups -OCH3 is 1. The highest BCUT2D eigenvalue weighted by molar-refractivity contribution is 5.58. The largest absolute Gasteiger partial charge is 0.497 e. The molecule has 0 fully saturated rings. The van der Waals surface area contributed by atoms with E-state index in [0.29, 0.717) is 12.4 Å². The molecule has 0 unspecified atom stereocenters. The molecule has 5 heteroatoms. The zero-order valence-corrected chi connectivity index (χ0v) is 13.8. The second-order valence-corrected chi connectivity index (χ2v) is 5.67. The van der Waals surface area contributed by atoms with Crippen LogP contribution in [0.25, 0.3) is 22.7 Å². The van der Waals surface area contributed by atoms with Crippen molar-refractivity contribution in [2.24, 2.45) is 0 Å². The van der Waals surface area contributed by atoms with Crippen molar-refractivity contribution >= 4 is 0 Å². The predicted octanol–water partition coefficient (Wildman–Crippen LogP) is 4.26. The Morgan fingerprint density at radius 1 is 1.04 bits per heavy atom. The van der Waals surface area contributed by atoms with Crippen LogP contribution in [0.2, 0.25) is 0 Å². The van der Waals surface area contributed by atoms with Gasteiger partial charge in [-0.3, -0.25) is 0 Å². The number of aromatic nitrogens is 3. The number of hydrogen-bond acceptors (Lipinski definition) is 4. The van der Waals surface area contributed by atoms with Crippen LogP contribution in [-0.2, 0) is 6.54 Å².